The molecule has 1 aliphatic heterocycles. The fourth-order valence-electron chi connectivity index (χ4n) is 3.28. The van der Waals surface area contributed by atoms with Gasteiger partial charge in [-0.1, -0.05) is 34.1 Å². The van der Waals surface area contributed by atoms with Gasteiger partial charge in [-0.2, -0.15) is 0 Å². The van der Waals surface area contributed by atoms with Crippen LogP contribution in [0.4, 0.5) is 0 Å². The first kappa shape index (κ1) is 14.5. The number of hydrogen-bond acceptors (Lipinski definition) is 3. The number of benzene rings is 1. The molecular weight excluding hydrogens is 318 g/mol. The lowest BCUT2D eigenvalue weighted by atomic mass is 9.89. The van der Waals surface area contributed by atoms with Crippen LogP contribution in [0, 0.1) is 0 Å². The van der Waals surface area contributed by atoms with Crippen molar-refractivity contribution in [3.63, 3.8) is 0 Å². The number of ether oxygens (including phenoxy) is 2. The Balaban J connectivity index is 1.56. The third-order valence-electron chi connectivity index (χ3n) is 4.42. The van der Waals surface area contributed by atoms with Gasteiger partial charge < -0.3 is 14.8 Å². The second-order valence-corrected chi connectivity index (χ2v) is 6.65. The summed E-state index contributed by atoms with van der Waals surface area (Å²) in [7, 11) is 0. The highest BCUT2D eigenvalue weighted by Gasteiger charge is 2.40. The van der Waals surface area contributed by atoms with Crippen LogP contribution in [0.3, 0.4) is 0 Å². The Morgan fingerprint density at radius 2 is 1.85 bits per heavy atom. The zero-order chi connectivity index (χ0) is 14.0. The summed E-state index contributed by atoms with van der Waals surface area (Å²) < 4.78 is 12.7. The third-order valence-corrected chi connectivity index (χ3v) is 5.14. The number of halogens is 1. The van der Waals surface area contributed by atoms with Crippen molar-refractivity contribution in [2.75, 3.05) is 13.2 Å². The lowest BCUT2D eigenvalue weighted by molar-refractivity contribution is -0.179. The topological polar surface area (TPSA) is 30.5 Å². The molecule has 0 radical (unpaired) electrons. The molecule has 1 N–H and O–H groups in total. The standard InChI is InChI=1S/C16H22BrNO2/c1-12(14-4-2-3-5-15(14)17)18-13-6-8-16(9-7-13)19-10-11-20-16/h2-5,12-13,18H,6-11H2,1H3. The van der Waals surface area contributed by atoms with Gasteiger partial charge in [0.2, 0.25) is 0 Å². The van der Waals surface area contributed by atoms with Crippen LogP contribution in [-0.2, 0) is 9.47 Å². The first-order valence-electron chi connectivity index (χ1n) is 7.47. The minimum Gasteiger partial charge on any atom is -0.348 e. The Labute approximate surface area is 129 Å². The predicted octanol–water partition coefficient (Wildman–Crippen LogP) is 3.79. The number of hydrogen-bond donors (Lipinski definition) is 1. The first-order chi connectivity index (χ1) is 9.69. The van der Waals surface area contributed by atoms with E-state index in [4.69, 9.17) is 9.47 Å². The first-order valence-corrected chi connectivity index (χ1v) is 8.26. The van der Waals surface area contributed by atoms with Crippen LogP contribution in [0.15, 0.2) is 28.7 Å². The van der Waals surface area contributed by atoms with Crippen LogP contribution in [0.25, 0.3) is 0 Å². The monoisotopic (exact) mass is 339 g/mol. The van der Waals surface area contributed by atoms with E-state index in [9.17, 15) is 0 Å². The van der Waals surface area contributed by atoms with Gasteiger partial charge in [0.15, 0.2) is 5.79 Å². The Morgan fingerprint density at radius 3 is 2.50 bits per heavy atom. The minimum atomic E-state index is -0.255. The van der Waals surface area contributed by atoms with E-state index in [-0.39, 0.29) is 5.79 Å². The Kier molecular flexibility index (Phi) is 4.46. The molecule has 1 saturated carbocycles. The predicted molar refractivity (Wildman–Crippen MR) is 82.6 cm³/mol. The molecule has 3 rings (SSSR count). The van der Waals surface area contributed by atoms with Gasteiger partial charge in [-0.15, -0.1) is 0 Å². The summed E-state index contributed by atoms with van der Waals surface area (Å²) in [4.78, 5) is 0. The molecule has 110 valence electrons. The molecule has 20 heavy (non-hydrogen) atoms. The molecule has 4 heteroatoms. The van der Waals surface area contributed by atoms with Crippen molar-refractivity contribution in [3.05, 3.63) is 34.3 Å². The molecule has 2 aliphatic rings. The summed E-state index contributed by atoms with van der Waals surface area (Å²) >= 11 is 3.63. The highest BCUT2D eigenvalue weighted by atomic mass is 79.9. The van der Waals surface area contributed by atoms with Gasteiger partial charge in [0.05, 0.1) is 13.2 Å². The van der Waals surface area contributed by atoms with E-state index in [1.807, 2.05) is 0 Å². The maximum Gasteiger partial charge on any atom is 0.168 e. The normalized spacial score (nSPS) is 24.1. The molecule has 0 bridgehead atoms. The van der Waals surface area contributed by atoms with Crippen LogP contribution >= 0.6 is 15.9 Å². The van der Waals surface area contributed by atoms with Gasteiger partial charge >= 0.3 is 0 Å². The van der Waals surface area contributed by atoms with Crippen LogP contribution in [-0.4, -0.2) is 25.0 Å². The molecule has 1 heterocycles. The zero-order valence-corrected chi connectivity index (χ0v) is 13.5. The summed E-state index contributed by atoms with van der Waals surface area (Å²) in [5.74, 6) is -0.255. The van der Waals surface area contributed by atoms with E-state index in [1.54, 1.807) is 0 Å². The highest BCUT2D eigenvalue weighted by Crippen LogP contribution is 2.36. The molecule has 2 fully saturated rings. The molecule has 1 saturated heterocycles. The lowest BCUT2D eigenvalue weighted by Gasteiger charge is -2.36. The summed E-state index contributed by atoms with van der Waals surface area (Å²) in [6, 6.07) is 9.33. The van der Waals surface area contributed by atoms with Gasteiger partial charge in [-0.25, -0.2) is 0 Å². The quantitative estimate of drug-likeness (QED) is 0.908. The van der Waals surface area contributed by atoms with Crippen molar-refractivity contribution in [1.29, 1.82) is 0 Å². The van der Waals surface area contributed by atoms with E-state index >= 15 is 0 Å². The molecule has 0 amide bonds. The van der Waals surface area contributed by atoms with Crippen molar-refractivity contribution in [1.82, 2.24) is 5.32 Å². The van der Waals surface area contributed by atoms with Gasteiger partial charge in [-0.05, 0) is 31.4 Å². The minimum absolute atomic E-state index is 0.255. The fourth-order valence-corrected chi connectivity index (χ4v) is 3.91. The molecule has 1 unspecified atom stereocenters. The second kappa shape index (κ2) is 6.14. The maximum atomic E-state index is 5.78. The fraction of sp³-hybridized carbons (Fsp3) is 0.625. The molecule has 1 aromatic carbocycles. The summed E-state index contributed by atoms with van der Waals surface area (Å²) in [5.41, 5.74) is 1.32. The van der Waals surface area contributed by atoms with Crippen molar-refractivity contribution in [2.45, 2.75) is 50.5 Å². The summed E-state index contributed by atoms with van der Waals surface area (Å²) in [5, 5.41) is 3.74. The Morgan fingerprint density at radius 1 is 1.20 bits per heavy atom. The van der Waals surface area contributed by atoms with E-state index < -0.39 is 0 Å². The van der Waals surface area contributed by atoms with Gasteiger partial charge in [0, 0.05) is 29.4 Å². The Bertz CT molecular complexity index is 450. The molecular formula is C16H22BrNO2. The van der Waals surface area contributed by atoms with Crippen molar-refractivity contribution < 1.29 is 9.47 Å². The van der Waals surface area contributed by atoms with Crippen LogP contribution in [0.2, 0.25) is 0 Å². The average molecular weight is 340 g/mol. The Hall–Kier alpha value is -0.420. The van der Waals surface area contributed by atoms with Crippen LogP contribution in [0.5, 0.6) is 0 Å². The number of nitrogens with one attached hydrogen (secondary N) is 1. The third kappa shape index (κ3) is 3.08. The zero-order valence-electron chi connectivity index (χ0n) is 11.9. The number of rotatable bonds is 3. The maximum absolute atomic E-state index is 5.78. The highest BCUT2D eigenvalue weighted by molar-refractivity contribution is 9.10. The largest absolute Gasteiger partial charge is 0.348 e. The smallest absolute Gasteiger partial charge is 0.168 e. The lowest BCUT2D eigenvalue weighted by Crippen LogP contribution is -2.42. The molecule has 1 atom stereocenters. The van der Waals surface area contributed by atoms with Crippen LogP contribution < -0.4 is 5.32 Å². The van der Waals surface area contributed by atoms with Gasteiger partial charge in [0.1, 0.15) is 0 Å². The molecule has 0 aromatic heterocycles. The summed E-state index contributed by atoms with van der Waals surface area (Å²) in [6.07, 6.45) is 4.25. The van der Waals surface area contributed by atoms with Crippen LogP contribution in [0.1, 0.15) is 44.2 Å². The van der Waals surface area contributed by atoms with Crippen molar-refractivity contribution >= 4 is 15.9 Å². The van der Waals surface area contributed by atoms with E-state index in [0.717, 1.165) is 38.9 Å². The molecule has 1 aliphatic carbocycles. The van der Waals surface area contributed by atoms with E-state index in [2.05, 4.69) is 52.4 Å². The van der Waals surface area contributed by atoms with Crippen molar-refractivity contribution in [2.24, 2.45) is 0 Å². The summed E-state index contributed by atoms with van der Waals surface area (Å²) in [6.45, 7) is 3.74. The SMILES string of the molecule is CC(NC1CCC2(CC1)OCCO2)c1ccccc1Br. The molecule has 1 spiro atoms. The van der Waals surface area contributed by atoms with Crippen molar-refractivity contribution in [3.8, 4) is 0 Å². The van der Waals surface area contributed by atoms with E-state index in [1.165, 1.54) is 10.0 Å². The molecule has 3 nitrogen and oxygen atoms in total. The van der Waals surface area contributed by atoms with Gasteiger partial charge in [-0.3, -0.25) is 0 Å². The van der Waals surface area contributed by atoms with E-state index in [0.29, 0.717) is 12.1 Å². The molecule has 1 aromatic rings. The van der Waals surface area contributed by atoms with Gasteiger partial charge in [0.25, 0.3) is 0 Å². The second-order valence-electron chi connectivity index (χ2n) is 5.79. The average Bonchev–Trinajstić information content (AvgIpc) is 2.90.